The molecule has 1 N–H and O–H groups in total. The third-order valence-electron chi connectivity index (χ3n) is 2.12. The molecule has 0 spiro atoms. The smallest absolute Gasteiger partial charge is 0.261 e. The molecular weight excluding hydrogens is 289 g/mol. The molecule has 0 aliphatic heterocycles. The molecule has 2 aromatic rings. The minimum absolute atomic E-state index is 0.0543. The molecule has 0 saturated carbocycles. The molecule has 0 aliphatic carbocycles. The molecule has 0 aliphatic rings. The van der Waals surface area contributed by atoms with Crippen LogP contribution < -0.4 is 5.43 Å². The lowest BCUT2D eigenvalue weighted by Crippen LogP contribution is -2.23. The van der Waals surface area contributed by atoms with E-state index in [1.165, 1.54) is 23.6 Å². The van der Waals surface area contributed by atoms with Crippen molar-refractivity contribution in [2.45, 2.75) is 6.54 Å². The zero-order chi connectivity index (χ0) is 13.7. The largest absolute Gasteiger partial charge is 0.271 e. The Morgan fingerprint density at radius 2 is 2.26 bits per heavy atom. The van der Waals surface area contributed by atoms with Crippen LogP contribution in [0.15, 0.2) is 36.0 Å². The number of nitrogens with one attached hydrogen (secondary N) is 1. The van der Waals surface area contributed by atoms with Gasteiger partial charge in [-0.1, -0.05) is 29.3 Å². The fourth-order valence-corrected chi connectivity index (χ4v) is 1.57. The maximum Gasteiger partial charge on any atom is 0.261 e. The number of aromatic nitrogens is 3. The van der Waals surface area contributed by atoms with Gasteiger partial charge in [0.1, 0.15) is 19.2 Å². The van der Waals surface area contributed by atoms with E-state index < -0.39 is 0 Å². The fraction of sp³-hybridized carbons (Fsp3) is 0.0909. The number of hydrazone groups is 1. The van der Waals surface area contributed by atoms with Crippen molar-refractivity contribution in [3.63, 3.8) is 0 Å². The number of hydrogen-bond acceptors (Lipinski definition) is 4. The van der Waals surface area contributed by atoms with E-state index in [1.807, 2.05) is 0 Å². The van der Waals surface area contributed by atoms with Gasteiger partial charge in [-0.2, -0.15) is 10.2 Å². The van der Waals surface area contributed by atoms with E-state index in [0.717, 1.165) is 5.56 Å². The lowest BCUT2D eigenvalue weighted by molar-refractivity contribution is -0.121. The van der Waals surface area contributed by atoms with E-state index in [9.17, 15) is 4.79 Å². The van der Waals surface area contributed by atoms with Gasteiger partial charge in [-0.05, 0) is 17.7 Å². The van der Waals surface area contributed by atoms with Gasteiger partial charge in [-0.25, -0.2) is 15.1 Å². The second-order valence-corrected chi connectivity index (χ2v) is 4.37. The summed E-state index contributed by atoms with van der Waals surface area (Å²) >= 11 is 11.6. The first kappa shape index (κ1) is 13.5. The molecule has 1 aromatic heterocycles. The van der Waals surface area contributed by atoms with Gasteiger partial charge in [0.2, 0.25) is 0 Å². The van der Waals surface area contributed by atoms with Crippen molar-refractivity contribution in [3.8, 4) is 0 Å². The van der Waals surface area contributed by atoms with Crippen molar-refractivity contribution in [2.75, 3.05) is 0 Å². The van der Waals surface area contributed by atoms with Crippen LogP contribution in [-0.4, -0.2) is 26.9 Å². The van der Waals surface area contributed by atoms with E-state index in [2.05, 4.69) is 20.6 Å². The average molecular weight is 298 g/mol. The van der Waals surface area contributed by atoms with E-state index >= 15 is 0 Å². The van der Waals surface area contributed by atoms with Crippen LogP contribution in [0.2, 0.25) is 10.0 Å². The normalized spacial score (nSPS) is 10.8. The molecule has 1 heterocycles. The van der Waals surface area contributed by atoms with Crippen LogP contribution in [0.5, 0.6) is 0 Å². The number of rotatable bonds is 4. The van der Waals surface area contributed by atoms with Crippen LogP contribution in [0, 0.1) is 0 Å². The highest BCUT2D eigenvalue weighted by molar-refractivity contribution is 6.42. The molecule has 98 valence electrons. The Morgan fingerprint density at radius 1 is 1.42 bits per heavy atom. The van der Waals surface area contributed by atoms with E-state index in [0.29, 0.717) is 10.0 Å². The number of halogens is 2. The van der Waals surface area contributed by atoms with Crippen molar-refractivity contribution in [1.82, 2.24) is 20.2 Å². The van der Waals surface area contributed by atoms with Crippen molar-refractivity contribution in [1.29, 1.82) is 0 Å². The average Bonchev–Trinajstić information content (AvgIpc) is 2.86. The zero-order valence-electron chi connectivity index (χ0n) is 9.62. The van der Waals surface area contributed by atoms with Crippen molar-refractivity contribution in [3.05, 3.63) is 46.5 Å². The summed E-state index contributed by atoms with van der Waals surface area (Å²) in [6.45, 7) is 0.0543. The first-order valence-corrected chi connectivity index (χ1v) is 6.00. The Kier molecular flexibility index (Phi) is 4.48. The first-order chi connectivity index (χ1) is 9.15. The molecule has 0 atom stereocenters. The lowest BCUT2D eigenvalue weighted by atomic mass is 10.2. The molecule has 0 saturated heterocycles. The van der Waals surface area contributed by atoms with Crippen molar-refractivity contribution >= 4 is 35.3 Å². The summed E-state index contributed by atoms with van der Waals surface area (Å²) < 4.78 is 1.39. The molecule has 0 radical (unpaired) electrons. The third kappa shape index (κ3) is 4.04. The van der Waals surface area contributed by atoms with E-state index in [4.69, 9.17) is 23.2 Å². The molecule has 6 nitrogen and oxygen atoms in total. The predicted molar refractivity (Wildman–Crippen MR) is 72.2 cm³/mol. The van der Waals surface area contributed by atoms with E-state index in [-0.39, 0.29) is 12.5 Å². The molecule has 8 heteroatoms. The quantitative estimate of drug-likeness (QED) is 0.690. The molecule has 0 bridgehead atoms. The Morgan fingerprint density at radius 3 is 2.95 bits per heavy atom. The van der Waals surface area contributed by atoms with Gasteiger partial charge in [0, 0.05) is 0 Å². The summed E-state index contributed by atoms with van der Waals surface area (Å²) in [5.74, 6) is -0.304. The summed E-state index contributed by atoms with van der Waals surface area (Å²) in [6.07, 6.45) is 4.27. The first-order valence-electron chi connectivity index (χ1n) is 5.24. The van der Waals surface area contributed by atoms with Crippen LogP contribution in [0.1, 0.15) is 5.56 Å². The Labute approximate surface area is 119 Å². The van der Waals surface area contributed by atoms with Crippen LogP contribution >= 0.6 is 23.2 Å². The Balaban J connectivity index is 1.89. The van der Waals surface area contributed by atoms with Gasteiger partial charge in [0.05, 0.1) is 16.3 Å². The van der Waals surface area contributed by atoms with Gasteiger partial charge in [0.25, 0.3) is 5.91 Å². The Bertz CT molecular complexity index is 597. The molecule has 2 rings (SSSR count). The zero-order valence-corrected chi connectivity index (χ0v) is 11.1. The number of hydrogen-bond donors (Lipinski definition) is 1. The summed E-state index contributed by atoms with van der Waals surface area (Å²) in [4.78, 5) is 15.2. The molecule has 1 amide bonds. The van der Waals surface area contributed by atoms with Gasteiger partial charge in [-0.3, -0.25) is 4.79 Å². The highest BCUT2D eigenvalue weighted by atomic mass is 35.5. The van der Waals surface area contributed by atoms with Crippen LogP contribution in [0.4, 0.5) is 0 Å². The summed E-state index contributed by atoms with van der Waals surface area (Å²) in [7, 11) is 0. The van der Waals surface area contributed by atoms with Crippen LogP contribution in [0.25, 0.3) is 0 Å². The van der Waals surface area contributed by atoms with Gasteiger partial charge in [0.15, 0.2) is 0 Å². The topological polar surface area (TPSA) is 72.2 Å². The molecule has 0 unspecified atom stereocenters. The summed E-state index contributed by atoms with van der Waals surface area (Å²) in [5.41, 5.74) is 3.10. The summed E-state index contributed by atoms with van der Waals surface area (Å²) in [5, 5.41) is 8.51. The number of nitrogens with zero attached hydrogens (tertiary/aromatic N) is 4. The second-order valence-electron chi connectivity index (χ2n) is 3.56. The van der Waals surface area contributed by atoms with Crippen LogP contribution in [-0.2, 0) is 11.3 Å². The summed E-state index contributed by atoms with van der Waals surface area (Å²) in [6, 6.07) is 5.04. The number of amides is 1. The maximum atomic E-state index is 11.5. The highest BCUT2D eigenvalue weighted by Gasteiger charge is 2.01. The van der Waals surface area contributed by atoms with Gasteiger partial charge < -0.3 is 0 Å². The number of benzene rings is 1. The Hall–Kier alpha value is -1.92. The van der Waals surface area contributed by atoms with Gasteiger partial charge >= 0.3 is 0 Å². The van der Waals surface area contributed by atoms with Crippen LogP contribution in [0.3, 0.4) is 0 Å². The van der Waals surface area contributed by atoms with Gasteiger partial charge in [-0.15, -0.1) is 0 Å². The molecular formula is C11H9Cl2N5O. The second kappa shape index (κ2) is 6.31. The fourth-order valence-electron chi connectivity index (χ4n) is 1.27. The monoisotopic (exact) mass is 297 g/mol. The lowest BCUT2D eigenvalue weighted by Gasteiger charge is -2.00. The van der Waals surface area contributed by atoms with Crippen molar-refractivity contribution < 1.29 is 4.79 Å². The highest BCUT2D eigenvalue weighted by Crippen LogP contribution is 2.21. The standard InChI is InChI=1S/C11H9Cl2N5O/c12-9-2-1-8(3-10(9)13)4-15-17-11(19)5-18-7-14-6-16-18/h1-4,6-7H,5H2,(H,17,19)/b15-4+. The minimum atomic E-state index is -0.304. The predicted octanol–water partition coefficient (Wildman–Crippen LogP) is 1.74. The SMILES string of the molecule is O=C(Cn1cncn1)N/N=C/c1ccc(Cl)c(Cl)c1. The maximum absolute atomic E-state index is 11.5. The van der Waals surface area contributed by atoms with Crippen molar-refractivity contribution in [2.24, 2.45) is 5.10 Å². The number of carbonyl (C=O) groups is 1. The molecule has 1 aromatic carbocycles. The number of carbonyl (C=O) groups excluding carboxylic acids is 1. The third-order valence-corrected chi connectivity index (χ3v) is 2.86. The minimum Gasteiger partial charge on any atom is -0.271 e. The molecule has 0 fully saturated rings. The van der Waals surface area contributed by atoms with E-state index in [1.54, 1.807) is 18.2 Å². The molecule has 19 heavy (non-hydrogen) atoms.